The molecule has 0 spiro atoms. The minimum atomic E-state index is -0.358. The number of aliphatic imine (C=N–C) groups is 1. The molecule has 1 aliphatic rings. The van der Waals surface area contributed by atoms with Crippen molar-refractivity contribution >= 4 is 12.0 Å². The SMILES string of the molecule is C=CCOC(=O)N1[C@H](C(C)(C)C)N=C(OC)[C@@H](C)[C@@H]1C. The molecule has 0 aromatic heterocycles. The van der Waals surface area contributed by atoms with Crippen LogP contribution in [0.3, 0.4) is 0 Å². The van der Waals surface area contributed by atoms with Gasteiger partial charge in [0.05, 0.1) is 13.0 Å². The fraction of sp³-hybridized carbons (Fsp3) is 0.733. The summed E-state index contributed by atoms with van der Waals surface area (Å²) in [6, 6.07) is -0.0380. The van der Waals surface area contributed by atoms with Gasteiger partial charge in [-0.1, -0.05) is 40.3 Å². The van der Waals surface area contributed by atoms with Gasteiger partial charge in [0, 0.05) is 11.5 Å². The molecule has 114 valence electrons. The Hall–Kier alpha value is -1.52. The lowest BCUT2D eigenvalue weighted by Gasteiger charge is -2.45. The van der Waals surface area contributed by atoms with Crippen molar-refractivity contribution in [3.8, 4) is 0 Å². The van der Waals surface area contributed by atoms with Crippen LogP contribution < -0.4 is 0 Å². The minimum absolute atomic E-state index is 0.0369. The first-order chi connectivity index (χ1) is 9.23. The van der Waals surface area contributed by atoms with E-state index < -0.39 is 0 Å². The molecule has 1 rings (SSSR count). The van der Waals surface area contributed by atoms with Crippen molar-refractivity contribution in [2.75, 3.05) is 13.7 Å². The Kier molecular flexibility index (Phi) is 5.20. The zero-order chi connectivity index (χ0) is 15.5. The molecule has 3 atom stereocenters. The summed E-state index contributed by atoms with van der Waals surface area (Å²) in [5, 5.41) is 0. The minimum Gasteiger partial charge on any atom is -0.484 e. The van der Waals surface area contributed by atoms with Crippen molar-refractivity contribution in [2.24, 2.45) is 16.3 Å². The van der Waals surface area contributed by atoms with Gasteiger partial charge in [-0.15, -0.1) is 0 Å². The molecule has 5 nitrogen and oxygen atoms in total. The van der Waals surface area contributed by atoms with Crippen molar-refractivity contribution in [1.82, 2.24) is 4.90 Å². The largest absolute Gasteiger partial charge is 0.484 e. The van der Waals surface area contributed by atoms with Gasteiger partial charge in [0.2, 0.25) is 0 Å². The van der Waals surface area contributed by atoms with Gasteiger partial charge >= 0.3 is 6.09 Å². The van der Waals surface area contributed by atoms with Gasteiger partial charge in [0.1, 0.15) is 12.8 Å². The molecular weight excluding hydrogens is 256 g/mol. The molecule has 0 N–H and O–H groups in total. The molecule has 1 heterocycles. The maximum absolute atomic E-state index is 12.3. The Morgan fingerprint density at radius 3 is 2.50 bits per heavy atom. The Morgan fingerprint density at radius 1 is 1.45 bits per heavy atom. The number of hydrogen-bond donors (Lipinski definition) is 0. The zero-order valence-corrected chi connectivity index (χ0v) is 13.3. The second kappa shape index (κ2) is 6.29. The summed E-state index contributed by atoms with van der Waals surface area (Å²) in [5.74, 6) is 0.722. The highest BCUT2D eigenvalue weighted by molar-refractivity contribution is 5.82. The van der Waals surface area contributed by atoms with Crippen LogP contribution in [0.25, 0.3) is 0 Å². The Morgan fingerprint density at radius 2 is 2.05 bits per heavy atom. The summed E-state index contributed by atoms with van der Waals surface area (Å²) in [6.07, 6.45) is 0.898. The molecule has 0 aliphatic carbocycles. The third-order valence-electron chi connectivity index (χ3n) is 3.58. The van der Waals surface area contributed by atoms with Gasteiger partial charge in [-0.25, -0.2) is 9.79 Å². The molecule has 5 heteroatoms. The lowest BCUT2D eigenvalue weighted by molar-refractivity contribution is 0.0266. The van der Waals surface area contributed by atoms with E-state index in [1.165, 1.54) is 0 Å². The van der Waals surface area contributed by atoms with E-state index >= 15 is 0 Å². The lowest BCUT2D eigenvalue weighted by atomic mass is 9.87. The maximum Gasteiger partial charge on any atom is 0.412 e. The van der Waals surface area contributed by atoms with E-state index in [1.54, 1.807) is 18.1 Å². The predicted molar refractivity (Wildman–Crippen MR) is 79.7 cm³/mol. The van der Waals surface area contributed by atoms with Crippen LogP contribution in [0.2, 0.25) is 0 Å². The highest BCUT2D eigenvalue weighted by atomic mass is 16.6. The van der Waals surface area contributed by atoms with Gasteiger partial charge in [-0.3, -0.25) is 4.90 Å². The van der Waals surface area contributed by atoms with Crippen LogP contribution >= 0.6 is 0 Å². The van der Waals surface area contributed by atoms with Gasteiger partial charge in [0.15, 0.2) is 5.90 Å². The first-order valence-electron chi connectivity index (χ1n) is 6.91. The molecule has 0 fully saturated rings. The first kappa shape index (κ1) is 16.5. The molecular formula is C15H26N2O3. The number of carbonyl (C=O) groups excluding carboxylic acids is 1. The molecule has 1 amide bonds. The first-order valence-corrected chi connectivity index (χ1v) is 6.91. The predicted octanol–water partition coefficient (Wildman–Crippen LogP) is 3.07. The summed E-state index contributed by atoms with van der Waals surface area (Å²) in [6.45, 7) is 13.9. The normalized spacial score (nSPS) is 26.8. The van der Waals surface area contributed by atoms with Crippen LogP contribution in [0, 0.1) is 11.3 Å². The third-order valence-corrected chi connectivity index (χ3v) is 3.58. The smallest absolute Gasteiger partial charge is 0.412 e. The standard InChI is InChI=1S/C15H26N2O3/c1-8-9-20-14(18)17-11(3)10(2)12(19-7)16-13(17)15(4,5)6/h8,10-11,13H,1,9H2,2-7H3/t10-,11-,13+/m0/s1. The second-order valence-corrected chi connectivity index (χ2v) is 6.21. The van der Waals surface area contributed by atoms with Crippen LogP contribution in [0.15, 0.2) is 17.6 Å². The van der Waals surface area contributed by atoms with E-state index in [4.69, 9.17) is 9.47 Å². The number of hydrogen-bond acceptors (Lipinski definition) is 4. The van der Waals surface area contributed by atoms with Crippen LogP contribution in [-0.4, -0.2) is 42.8 Å². The van der Waals surface area contributed by atoms with Crippen LogP contribution in [0.4, 0.5) is 4.79 Å². The quantitative estimate of drug-likeness (QED) is 0.731. The average molecular weight is 282 g/mol. The molecule has 0 aromatic rings. The molecule has 0 bridgehead atoms. The van der Waals surface area contributed by atoms with Gasteiger partial charge in [0.25, 0.3) is 0 Å². The second-order valence-electron chi connectivity index (χ2n) is 6.21. The van der Waals surface area contributed by atoms with E-state index in [-0.39, 0.29) is 36.2 Å². The molecule has 0 saturated carbocycles. The Bertz CT molecular complexity index is 398. The van der Waals surface area contributed by atoms with E-state index in [0.717, 1.165) is 0 Å². The van der Waals surface area contributed by atoms with E-state index in [9.17, 15) is 4.79 Å². The summed E-state index contributed by atoms with van der Waals surface area (Å²) in [5.41, 5.74) is -0.203. The zero-order valence-electron chi connectivity index (χ0n) is 13.3. The number of ether oxygens (including phenoxy) is 2. The van der Waals surface area contributed by atoms with Crippen molar-refractivity contribution in [3.63, 3.8) is 0 Å². The summed E-state index contributed by atoms with van der Waals surface area (Å²) in [7, 11) is 1.62. The van der Waals surface area contributed by atoms with E-state index in [2.05, 4.69) is 11.6 Å². The highest BCUT2D eigenvalue weighted by Gasteiger charge is 2.44. The molecule has 0 saturated heterocycles. The molecule has 0 unspecified atom stereocenters. The molecule has 0 aromatic carbocycles. The summed E-state index contributed by atoms with van der Waals surface area (Å²) >= 11 is 0. The maximum atomic E-state index is 12.3. The fourth-order valence-corrected chi connectivity index (χ4v) is 2.29. The van der Waals surface area contributed by atoms with Crippen LogP contribution in [0.1, 0.15) is 34.6 Å². The fourth-order valence-electron chi connectivity index (χ4n) is 2.29. The average Bonchev–Trinajstić information content (AvgIpc) is 2.37. The number of carbonyl (C=O) groups is 1. The van der Waals surface area contributed by atoms with Crippen LogP contribution in [0.5, 0.6) is 0 Å². The van der Waals surface area contributed by atoms with Gasteiger partial charge in [-0.05, 0) is 6.92 Å². The summed E-state index contributed by atoms with van der Waals surface area (Å²) in [4.78, 5) is 18.6. The van der Waals surface area contributed by atoms with Crippen LogP contribution in [-0.2, 0) is 9.47 Å². The third kappa shape index (κ3) is 3.32. The number of nitrogens with zero attached hydrogens (tertiary/aromatic N) is 2. The van der Waals surface area contributed by atoms with E-state index in [0.29, 0.717) is 5.90 Å². The Balaban J connectivity index is 3.13. The number of rotatable bonds is 2. The Labute approximate surface area is 121 Å². The summed E-state index contributed by atoms with van der Waals surface area (Å²) < 4.78 is 10.6. The van der Waals surface area contributed by atoms with Gasteiger partial charge < -0.3 is 9.47 Å². The van der Waals surface area contributed by atoms with Crippen molar-refractivity contribution in [2.45, 2.75) is 46.8 Å². The van der Waals surface area contributed by atoms with E-state index in [1.807, 2.05) is 34.6 Å². The lowest BCUT2D eigenvalue weighted by Crippen LogP contribution is -2.57. The topological polar surface area (TPSA) is 51.1 Å². The molecule has 20 heavy (non-hydrogen) atoms. The number of amides is 1. The van der Waals surface area contributed by atoms with Crippen molar-refractivity contribution in [1.29, 1.82) is 0 Å². The molecule has 1 aliphatic heterocycles. The number of methoxy groups -OCH3 is 1. The van der Waals surface area contributed by atoms with Gasteiger partial charge in [-0.2, -0.15) is 0 Å². The monoisotopic (exact) mass is 282 g/mol. The molecule has 0 radical (unpaired) electrons. The van der Waals surface area contributed by atoms with Crippen molar-refractivity contribution in [3.05, 3.63) is 12.7 Å². The van der Waals surface area contributed by atoms with Crippen molar-refractivity contribution < 1.29 is 14.3 Å². The highest BCUT2D eigenvalue weighted by Crippen LogP contribution is 2.33.